The van der Waals surface area contributed by atoms with E-state index in [4.69, 9.17) is 0 Å². The van der Waals surface area contributed by atoms with Gasteiger partial charge in [0.05, 0.1) is 0 Å². The summed E-state index contributed by atoms with van der Waals surface area (Å²) in [7, 11) is 0. The number of nitrogens with zero attached hydrogens (tertiary/aromatic N) is 1. The molecular formula is C18H36N2. The van der Waals surface area contributed by atoms with Crippen LogP contribution in [0.1, 0.15) is 73.1 Å². The average Bonchev–Trinajstić information content (AvgIpc) is 2.39. The molecule has 118 valence electrons. The van der Waals surface area contributed by atoms with Crippen molar-refractivity contribution in [2.75, 3.05) is 13.1 Å². The van der Waals surface area contributed by atoms with Crippen LogP contribution in [0.5, 0.6) is 0 Å². The number of nitrogens with one attached hydrogen (secondary N) is 1. The van der Waals surface area contributed by atoms with E-state index in [0.717, 1.165) is 30.5 Å². The van der Waals surface area contributed by atoms with E-state index >= 15 is 0 Å². The minimum atomic E-state index is 0.271. The summed E-state index contributed by atoms with van der Waals surface area (Å²) in [6.45, 7) is 14.3. The lowest BCUT2D eigenvalue weighted by molar-refractivity contribution is 0.000200. The molecule has 2 aliphatic rings. The minimum absolute atomic E-state index is 0.271. The Kier molecular flexibility index (Phi) is 5.53. The molecule has 0 aromatic heterocycles. The first-order chi connectivity index (χ1) is 9.44. The van der Waals surface area contributed by atoms with Crippen LogP contribution in [0.4, 0.5) is 0 Å². The van der Waals surface area contributed by atoms with E-state index in [0.29, 0.717) is 0 Å². The second-order valence-corrected chi connectivity index (χ2v) is 8.12. The Labute approximate surface area is 126 Å². The highest BCUT2D eigenvalue weighted by Gasteiger charge is 2.39. The minimum Gasteiger partial charge on any atom is -0.309 e. The van der Waals surface area contributed by atoms with E-state index in [1.807, 2.05) is 0 Å². The second-order valence-electron chi connectivity index (χ2n) is 8.12. The maximum atomic E-state index is 3.76. The van der Waals surface area contributed by atoms with E-state index in [-0.39, 0.29) is 5.54 Å². The molecule has 0 bridgehead atoms. The van der Waals surface area contributed by atoms with Gasteiger partial charge in [-0.15, -0.1) is 0 Å². The van der Waals surface area contributed by atoms with Crippen LogP contribution >= 0.6 is 0 Å². The number of piperazine rings is 1. The number of rotatable bonds is 4. The standard InChI is InChI=1S/C18H36N2/c1-6-16(15-10-8-7-9-11-15)20-13-18(4,5)19-12-17(20)14(2)3/h14-17,19H,6-13H2,1-5H3. The molecule has 1 N–H and O–H groups in total. The van der Waals surface area contributed by atoms with Crippen molar-refractivity contribution >= 4 is 0 Å². The molecule has 2 heteroatoms. The third-order valence-electron chi connectivity index (χ3n) is 5.60. The fourth-order valence-electron chi connectivity index (χ4n) is 4.47. The largest absolute Gasteiger partial charge is 0.309 e. The van der Waals surface area contributed by atoms with Gasteiger partial charge in [-0.1, -0.05) is 40.0 Å². The van der Waals surface area contributed by atoms with Gasteiger partial charge in [-0.25, -0.2) is 0 Å². The van der Waals surface area contributed by atoms with Gasteiger partial charge in [0.25, 0.3) is 0 Å². The van der Waals surface area contributed by atoms with Gasteiger partial charge in [0.1, 0.15) is 0 Å². The van der Waals surface area contributed by atoms with E-state index < -0.39 is 0 Å². The van der Waals surface area contributed by atoms with Crippen LogP contribution < -0.4 is 5.32 Å². The van der Waals surface area contributed by atoms with Crippen LogP contribution in [0.25, 0.3) is 0 Å². The molecule has 1 saturated heterocycles. The first kappa shape index (κ1) is 16.3. The fraction of sp³-hybridized carbons (Fsp3) is 1.00. The van der Waals surface area contributed by atoms with Crippen LogP contribution in [-0.2, 0) is 0 Å². The Hall–Kier alpha value is -0.0800. The molecular weight excluding hydrogens is 244 g/mol. The zero-order chi connectivity index (χ0) is 14.8. The third-order valence-corrected chi connectivity index (χ3v) is 5.60. The first-order valence-corrected chi connectivity index (χ1v) is 8.95. The maximum absolute atomic E-state index is 3.76. The van der Waals surface area contributed by atoms with Crippen molar-refractivity contribution in [3.63, 3.8) is 0 Å². The molecule has 1 saturated carbocycles. The van der Waals surface area contributed by atoms with Crippen molar-refractivity contribution < 1.29 is 0 Å². The Morgan fingerprint density at radius 3 is 2.35 bits per heavy atom. The smallest absolute Gasteiger partial charge is 0.0253 e. The second kappa shape index (κ2) is 6.79. The van der Waals surface area contributed by atoms with Crippen molar-refractivity contribution in [1.29, 1.82) is 0 Å². The number of hydrogen-bond acceptors (Lipinski definition) is 2. The molecule has 0 aromatic rings. The first-order valence-electron chi connectivity index (χ1n) is 8.95. The van der Waals surface area contributed by atoms with Crippen molar-refractivity contribution in [1.82, 2.24) is 10.2 Å². The zero-order valence-electron chi connectivity index (χ0n) is 14.4. The van der Waals surface area contributed by atoms with E-state index in [1.165, 1.54) is 45.1 Å². The fourth-order valence-corrected chi connectivity index (χ4v) is 4.47. The Morgan fingerprint density at radius 1 is 1.15 bits per heavy atom. The highest BCUT2D eigenvalue weighted by molar-refractivity contribution is 4.97. The molecule has 0 spiro atoms. The summed E-state index contributed by atoms with van der Waals surface area (Å²) in [4.78, 5) is 2.89. The molecule has 0 amide bonds. The third kappa shape index (κ3) is 3.76. The lowest BCUT2D eigenvalue weighted by atomic mass is 9.80. The summed E-state index contributed by atoms with van der Waals surface area (Å²) >= 11 is 0. The Bertz CT molecular complexity index is 292. The zero-order valence-corrected chi connectivity index (χ0v) is 14.4. The van der Waals surface area contributed by atoms with Crippen molar-refractivity contribution in [3.8, 4) is 0 Å². The van der Waals surface area contributed by atoms with E-state index in [9.17, 15) is 0 Å². The van der Waals surface area contributed by atoms with Crippen LogP contribution in [0.2, 0.25) is 0 Å². The lowest BCUT2D eigenvalue weighted by Gasteiger charge is -2.51. The summed E-state index contributed by atoms with van der Waals surface area (Å²) in [6.07, 6.45) is 8.64. The Morgan fingerprint density at radius 2 is 1.80 bits per heavy atom. The highest BCUT2D eigenvalue weighted by atomic mass is 15.3. The monoisotopic (exact) mass is 280 g/mol. The van der Waals surface area contributed by atoms with Gasteiger partial charge in [-0.3, -0.25) is 4.90 Å². The highest BCUT2D eigenvalue weighted by Crippen LogP contribution is 2.34. The van der Waals surface area contributed by atoms with E-state index in [2.05, 4.69) is 44.8 Å². The normalized spacial score (nSPS) is 30.6. The predicted molar refractivity (Wildman–Crippen MR) is 88.1 cm³/mol. The molecule has 2 rings (SSSR count). The van der Waals surface area contributed by atoms with Gasteiger partial charge < -0.3 is 5.32 Å². The molecule has 2 atom stereocenters. The van der Waals surface area contributed by atoms with Gasteiger partial charge in [0, 0.05) is 30.7 Å². The topological polar surface area (TPSA) is 15.3 Å². The molecule has 2 unspecified atom stereocenters. The maximum Gasteiger partial charge on any atom is 0.0253 e. The van der Waals surface area contributed by atoms with Crippen LogP contribution in [0.3, 0.4) is 0 Å². The van der Waals surface area contributed by atoms with E-state index in [1.54, 1.807) is 0 Å². The van der Waals surface area contributed by atoms with Gasteiger partial charge in [-0.2, -0.15) is 0 Å². The molecule has 0 radical (unpaired) electrons. The van der Waals surface area contributed by atoms with Crippen molar-refractivity contribution in [2.24, 2.45) is 11.8 Å². The number of hydrogen-bond donors (Lipinski definition) is 1. The van der Waals surface area contributed by atoms with Gasteiger partial charge in [-0.05, 0) is 44.9 Å². The molecule has 2 fully saturated rings. The molecule has 2 nitrogen and oxygen atoms in total. The SMILES string of the molecule is CCC(C1CCCCC1)N1CC(C)(C)NCC1C(C)C. The molecule has 20 heavy (non-hydrogen) atoms. The van der Waals surface area contributed by atoms with Crippen LogP contribution in [-0.4, -0.2) is 35.6 Å². The molecule has 0 aromatic carbocycles. The Balaban J connectivity index is 2.13. The summed E-state index contributed by atoms with van der Waals surface area (Å²) in [5.41, 5.74) is 0.271. The van der Waals surface area contributed by atoms with Crippen LogP contribution in [0, 0.1) is 11.8 Å². The van der Waals surface area contributed by atoms with Gasteiger partial charge in [0.2, 0.25) is 0 Å². The van der Waals surface area contributed by atoms with Gasteiger partial charge in [0.15, 0.2) is 0 Å². The summed E-state index contributed by atoms with van der Waals surface area (Å²) in [6, 6.07) is 1.53. The molecule has 1 aliphatic heterocycles. The van der Waals surface area contributed by atoms with Crippen molar-refractivity contribution in [3.05, 3.63) is 0 Å². The van der Waals surface area contributed by atoms with Gasteiger partial charge >= 0.3 is 0 Å². The average molecular weight is 281 g/mol. The quantitative estimate of drug-likeness (QED) is 0.835. The summed E-state index contributed by atoms with van der Waals surface area (Å²) < 4.78 is 0. The summed E-state index contributed by atoms with van der Waals surface area (Å²) in [5.74, 6) is 1.69. The van der Waals surface area contributed by atoms with Crippen LogP contribution in [0.15, 0.2) is 0 Å². The lowest BCUT2D eigenvalue weighted by Crippen LogP contribution is -2.66. The molecule has 1 aliphatic carbocycles. The predicted octanol–water partition coefficient (Wildman–Crippen LogP) is 4.05. The summed E-state index contributed by atoms with van der Waals surface area (Å²) in [5, 5.41) is 3.76. The van der Waals surface area contributed by atoms with Crippen molar-refractivity contribution in [2.45, 2.75) is 90.8 Å². The molecule has 1 heterocycles.